The Morgan fingerprint density at radius 3 is 2.72 bits per heavy atom. The molecule has 1 fully saturated rings. The van der Waals surface area contributed by atoms with Crippen LogP contribution in [0.25, 0.3) is 0 Å². The van der Waals surface area contributed by atoms with Gasteiger partial charge in [0.05, 0.1) is 0 Å². The van der Waals surface area contributed by atoms with Gasteiger partial charge in [0.1, 0.15) is 0 Å². The summed E-state index contributed by atoms with van der Waals surface area (Å²) in [4.78, 5) is 4.34. The Morgan fingerprint density at radius 1 is 1.32 bits per heavy atom. The van der Waals surface area contributed by atoms with Gasteiger partial charge in [0.25, 0.3) is 0 Å². The molecule has 1 aromatic carbocycles. The Balaban J connectivity index is 0.00000312. The van der Waals surface area contributed by atoms with Gasteiger partial charge in [-0.15, -0.1) is 24.0 Å². The van der Waals surface area contributed by atoms with Gasteiger partial charge in [-0.1, -0.05) is 34.5 Å². The van der Waals surface area contributed by atoms with Crippen LogP contribution < -0.4 is 10.6 Å². The molecule has 0 saturated heterocycles. The fourth-order valence-electron chi connectivity index (χ4n) is 3.19. The topological polar surface area (TPSA) is 45.7 Å². The first-order valence-corrected chi connectivity index (χ1v) is 9.65. The largest absolute Gasteiger partial charge is 0.385 e. The van der Waals surface area contributed by atoms with Crippen molar-refractivity contribution >= 4 is 45.9 Å². The van der Waals surface area contributed by atoms with Gasteiger partial charge < -0.3 is 15.4 Å². The molecule has 0 aromatic heterocycles. The summed E-state index contributed by atoms with van der Waals surface area (Å²) in [5.41, 5.74) is 1.77. The molecule has 1 aliphatic rings. The minimum absolute atomic E-state index is 0. The second-order valence-electron chi connectivity index (χ2n) is 6.68. The van der Waals surface area contributed by atoms with Crippen LogP contribution >= 0.6 is 39.9 Å². The van der Waals surface area contributed by atoms with Crippen LogP contribution in [-0.4, -0.2) is 39.8 Å². The number of aryl methyl sites for hydroxylation is 1. The monoisotopic (exact) mass is 523 g/mol. The molecule has 2 rings (SSSR count). The number of nitrogens with one attached hydrogen (secondary N) is 2. The Bertz CT molecular complexity index is 535. The molecule has 0 amide bonds. The van der Waals surface area contributed by atoms with E-state index in [-0.39, 0.29) is 24.0 Å². The lowest BCUT2D eigenvalue weighted by Crippen LogP contribution is -2.47. The fraction of sp³-hybridized carbons (Fsp3) is 0.632. The van der Waals surface area contributed by atoms with Gasteiger partial charge in [0.15, 0.2) is 5.96 Å². The van der Waals surface area contributed by atoms with Crippen LogP contribution in [0.3, 0.4) is 0 Å². The lowest BCUT2D eigenvalue weighted by atomic mass is 9.67. The molecular weight excluding hydrogens is 493 g/mol. The quantitative estimate of drug-likeness (QED) is 0.218. The maximum absolute atomic E-state index is 5.26. The van der Waals surface area contributed by atoms with Crippen LogP contribution in [0.4, 0.5) is 0 Å². The van der Waals surface area contributed by atoms with E-state index in [1.54, 1.807) is 7.11 Å². The summed E-state index contributed by atoms with van der Waals surface area (Å²) < 4.78 is 6.40. The number of methoxy groups -OCH3 is 1. The second kappa shape index (κ2) is 12.1. The van der Waals surface area contributed by atoms with Crippen LogP contribution in [0.1, 0.15) is 37.7 Å². The summed E-state index contributed by atoms with van der Waals surface area (Å²) in [6, 6.07) is 8.51. The predicted molar refractivity (Wildman–Crippen MR) is 120 cm³/mol. The Morgan fingerprint density at radius 2 is 2.12 bits per heavy atom. The molecular formula is C19H31BrIN3O. The maximum atomic E-state index is 5.26. The molecule has 2 N–H and O–H groups in total. The average Bonchev–Trinajstić information content (AvgIpc) is 2.55. The van der Waals surface area contributed by atoms with Crippen molar-refractivity contribution in [2.75, 3.05) is 33.9 Å². The van der Waals surface area contributed by atoms with Crippen LogP contribution in [0.15, 0.2) is 33.7 Å². The number of hydrogen-bond acceptors (Lipinski definition) is 2. The van der Waals surface area contributed by atoms with Gasteiger partial charge in [0, 0.05) is 38.3 Å². The van der Waals surface area contributed by atoms with Crippen LogP contribution in [0.5, 0.6) is 0 Å². The zero-order chi connectivity index (χ0) is 17.3. The summed E-state index contributed by atoms with van der Waals surface area (Å²) in [5, 5.41) is 6.93. The van der Waals surface area contributed by atoms with E-state index < -0.39 is 0 Å². The molecule has 1 aliphatic carbocycles. The summed E-state index contributed by atoms with van der Waals surface area (Å²) in [6.45, 7) is 2.76. The third-order valence-electron chi connectivity index (χ3n) is 4.93. The SMILES string of the molecule is CN=C(NCCCc1cccc(Br)c1)NCC1(CCOC)CCC1.I. The number of hydrogen-bond donors (Lipinski definition) is 2. The van der Waals surface area contributed by atoms with Gasteiger partial charge in [-0.2, -0.15) is 0 Å². The van der Waals surface area contributed by atoms with E-state index in [1.165, 1.54) is 24.8 Å². The molecule has 6 heteroatoms. The first-order chi connectivity index (χ1) is 11.7. The van der Waals surface area contributed by atoms with Gasteiger partial charge in [-0.25, -0.2) is 0 Å². The van der Waals surface area contributed by atoms with Crippen molar-refractivity contribution in [1.82, 2.24) is 10.6 Å². The van der Waals surface area contributed by atoms with Crippen molar-refractivity contribution in [3.8, 4) is 0 Å². The molecule has 1 saturated carbocycles. The molecule has 0 atom stereocenters. The van der Waals surface area contributed by atoms with E-state index >= 15 is 0 Å². The summed E-state index contributed by atoms with van der Waals surface area (Å²) >= 11 is 3.52. The van der Waals surface area contributed by atoms with Crippen molar-refractivity contribution in [2.24, 2.45) is 10.4 Å². The van der Waals surface area contributed by atoms with Crippen molar-refractivity contribution in [1.29, 1.82) is 0 Å². The van der Waals surface area contributed by atoms with Crippen molar-refractivity contribution < 1.29 is 4.74 Å². The van der Waals surface area contributed by atoms with Gasteiger partial charge in [-0.3, -0.25) is 4.99 Å². The predicted octanol–water partition coefficient (Wildman–Crippen LogP) is 4.37. The Labute approximate surface area is 177 Å². The normalized spacial score (nSPS) is 15.9. The number of aliphatic imine (C=N–C) groups is 1. The first kappa shape index (κ1) is 22.7. The summed E-state index contributed by atoms with van der Waals surface area (Å²) in [5.74, 6) is 0.910. The van der Waals surface area contributed by atoms with Gasteiger partial charge >= 0.3 is 0 Å². The first-order valence-electron chi connectivity index (χ1n) is 8.85. The molecule has 25 heavy (non-hydrogen) atoms. The smallest absolute Gasteiger partial charge is 0.190 e. The average molecular weight is 524 g/mol. The lowest BCUT2D eigenvalue weighted by molar-refractivity contribution is 0.0732. The van der Waals surface area contributed by atoms with E-state index in [1.807, 2.05) is 7.05 Å². The highest BCUT2D eigenvalue weighted by atomic mass is 127. The molecule has 0 spiro atoms. The third-order valence-corrected chi connectivity index (χ3v) is 5.42. The molecule has 142 valence electrons. The standard InChI is InChI=1S/C19H30BrN3O.HI/c1-21-18(23-15-19(9-5-10-19)11-13-24-2)22-12-4-7-16-6-3-8-17(20)14-16;/h3,6,8,14H,4-5,7,9-13,15H2,1-2H3,(H2,21,22,23);1H. The summed E-state index contributed by atoms with van der Waals surface area (Å²) in [7, 11) is 3.62. The zero-order valence-corrected chi connectivity index (χ0v) is 19.2. The maximum Gasteiger partial charge on any atom is 0.190 e. The fourth-order valence-corrected chi connectivity index (χ4v) is 3.64. The molecule has 1 aromatic rings. The van der Waals surface area contributed by atoms with Crippen LogP contribution in [0, 0.1) is 5.41 Å². The second-order valence-corrected chi connectivity index (χ2v) is 7.60. The highest BCUT2D eigenvalue weighted by Crippen LogP contribution is 2.43. The Hall–Kier alpha value is -0.340. The van der Waals surface area contributed by atoms with E-state index in [9.17, 15) is 0 Å². The van der Waals surface area contributed by atoms with E-state index in [0.29, 0.717) is 5.41 Å². The zero-order valence-electron chi connectivity index (χ0n) is 15.3. The number of ether oxygens (including phenoxy) is 1. The molecule has 4 nitrogen and oxygen atoms in total. The van der Waals surface area contributed by atoms with Crippen LogP contribution in [-0.2, 0) is 11.2 Å². The molecule has 0 aliphatic heterocycles. The minimum atomic E-state index is 0. The number of nitrogens with zero attached hydrogens (tertiary/aromatic N) is 1. The third kappa shape index (κ3) is 7.83. The molecule has 0 bridgehead atoms. The number of benzene rings is 1. The summed E-state index contributed by atoms with van der Waals surface area (Å²) in [6.07, 6.45) is 7.22. The molecule has 0 heterocycles. The van der Waals surface area contributed by atoms with E-state index in [4.69, 9.17) is 4.74 Å². The highest BCUT2D eigenvalue weighted by molar-refractivity contribution is 14.0. The van der Waals surface area contributed by atoms with E-state index in [0.717, 1.165) is 49.4 Å². The number of rotatable bonds is 9. The Kier molecular flexibility index (Phi) is 11.0. The molecule has 0 unspecified atom stereocenters. The number of guanidine groups is 1. The highest BCUT2D eigenvalue weighted by Gasteiger charge is 2.36. The van der Waals surface area contributed by atoms with Gasteiger partial charge in [0.2, 0.25) is 0 Å². The lowest BCUT2D eigenvalue weighted by Gasteiger charge is -2.42. The minimum Gasteiger partial charge on any atom is -0.385 e. The number of halogens is 2. The molecule has 0 radical (unpaired) electrons. The van der Waals surface area contributed by atoms with Crippen molar-refractivity contribution in [3.63, 3.8) is 0 Å². The van der Waals surface area contributed by atoms with Crippen LogP contribution in [0.2, 0.25) is 0 Å². The van der Waals surface area contributed by atoms with Crippen molar-refractivity contribution in [3.05, 3.63) is 34.3 Å². The van der Waals surface area contributed by atoms with Gasteiger partial charge in [-0.05, 0) is 55.2 Å². The van der Waals surface area contributed by atoms with E-state index in [2.05, 4.69) is 55.8 Å². The van der Waals surface area contributed by atoms with Crippen molar-refractivity contribution in [2.45, 2.75) is 38.5 Å².